The van der Waals surface area contributed by atoms with Gasteiger partial charge in [0.1, 0.15) is 0 Å². The minimum atomic E-state index is -0.381. The zero-order valence-corrected chi connectivity index (χ0v) is 16.7. The largest absolute Gasteiger partial charge is 0.361 e. The molecule has 27 heavy (non-hydrogen) atoms. The van der Waals surface area contributed by atoms with Crippen molar-refractivity contribution in [3.8, 4) is 0 Å². The summed E-state index contributed by atoms with van der Waals surface area (Å²) in [4.78, 5) is 29.6. The number of piperidine rings is 1. The van der Waals surface area contributed by atoms with Crippen molar-refractivity contribution >= 4 is 22.7 Å². The Morgan fingerprint density at radius 1 is 1.19 bits per heavy atom. The lowest BCUT2D eigenvalue weighted by Crippen LogP contribution is -2.39. The number of benzene rings is 1. The highest BCUT2D eigenvalue weighted by molar-refractivity contribution is 5.84. The molecule has 0 bridgehead atoms. The molecule has 2 N–H and O–H groups in total. The van der Waals surface area contributed by atoms with Crippen LogP contribution in [0.4, 0.5) is 0 Å². The van der Waals surface area contributed by atoms with Gasteiger partial charge in [0.25, 0.3) is 0 Å². The zero-order valence-electron chi connectivity index (χ0n) is 16.7. The van der Waals surface area contributed by atoms with Crippen molar-refractivity contribution in [2.75, 3.05) is 19.6 Å². The van der Waals surface area contributed by atoms with Gasteiger partial charge >= 0.3 is 0 Å². The molecular formula is C22H31N3O2. The number of hydrogen-bond acceptors (Lipinski definition) is 2. The topological polar surface area (TPSA) is 65.2 Å². The second-order valence-corrected chi connectivity index (χ2v) is 8.55. The molecule has 1 aliphatic heterocycles. The zero-order chi connectivity index (χ0) is 19.4. The van der Waals surface area contributed by atoms with Crippen LogP contribution < -0.4 is 5.32 Å². The van der Waals surface area contributed by atoms with E-state index in [1.807, 2.05) is 31.7 Å². The van der Waals surface area contributed by atoms with Crippen molar-refractivity contribution in [1.29, 1.82) is 0 Å². The van der Waals surface area contributed by atoms with Crippen LogP contribution in [0.3, 0.4) is 0 Å². The Balaban J connectivity index is 1.44. The minimum absolute atomic E-state index is 0.0366. The lowest BCUT2D eigenvalue weighted by Gasteiger charge is -2.32. The summed E-state index contributed by atoms with van der Waals surface area (Å²) in [7, 11) is 0. The van der Waals surface area contributed by atoms with Gasteiger partial charge in [0.15, 0.2) is 0 Å². The second kappa shape index (κ2) is 8.15. The van der Waals surface area contributed by atoms with Gasteiger partial charge in [0.2, 0.25) is 11.8 Å². The summed E-state index contributed by atoms with van der Waals surface area (Å²) in [6, 6.07) is 8.41. The van der Waals surface area contributed by atoms with Crippen LogP contribution in [0.1, 0.15) is 57.9 Å². The molecule has 5 heteroatoms. The van der Waals surface area contributed by atoms with E-state index in [-0.39, 0.29) is 17.2 Å². The van der Waals surface area contributed by atoms with Gasteiger partial charge in [0, 0.05) is 48.6 Å². The van der Waals surface area contributed by atoms with Gasteiger partial charge in [-0.3, -0.25) is 9.59 Å². The molecule has 1 aromatic heterocycles. The molecule has 3 rings (SSSR count). The maximum atomic E-state index is 12.5. The van der Waals surface area contributed by atoms with E-state index in [4.69, 9.17) is 0 Å². The van der Waals surface area contributed by atoms with E-state index >= 15 is 0 Å². The van der Waals surface area contributed by atoms with Gasteiger partial charge in [0.05, 0.1) is 0 Å². The van der Waals surface area contributed by atoms with Gasteiger partial charge in [-0.15, -0.1) is 0 Å². The molecule has 2 amide bonds. The Kier molecular flexibility index (Phi) is 5.88. The second-order valence-electron chi connectivity index (χ2n) is 8.55. The van der Waals surface area contributed by atoms with Crippen LogP contribution in [-0.2, 0) is 9.59 Å². The van der Waals surface area contributed by atoms with Crippen molar-refractivity contribution < 1.29 is 9.59 Å². The van der Waals surface area contributed by atoms with E-state index in [1.54, 1.807) is 0 Å². The lowest BCUT2D eigenvalue weighted by atomic mass is 9.89. The molecule has 0 saturated carbocycles. The first-order chi connectivity index (χ1) is 12.9. The van der Waals surface area contributed by atoms with Crippen LogP contribution in [0, 0.1) is 5.41 Å². The summed E-state index contributed by atoms with van der Waals surface area (Å²) in [6.45, 7) is 7.88. The fourth-order valence-corrected chi connectivity index (χ4v) is 3.74. The highest BCUT2D eigenvalue weighted by Gasteiger charge is 2.25. The summed E-state index contributed by atoms with van der Waals surface area (Å²) in [5, 5.41) is 4.21. The van der Waals surface area contributed by atoms with Crippen LogP contribution in [0.2, 0.25) is 0 Å². The normalized spacial score (nSPS) is 15.9. The Hall–Kier alpha value is -2.30. The summed E-state index contributed by atoms with van der Waals surface area (Å²) < 4.78 is 0. The predicted octanol–water partition coefficient (Wildman–Crippen LogP) is 3.82. The average Bonchev–Trinajstić information content (AvgIpc) is 3.08. The van der Waals surface area contributed by atoms with Crippen LogP contribution in [0.15, 0.2) is 30.5 Å². The molecule has 146 valence electrons. The third-order valence-corrected chi connectivity index (χ3v) is 5.44. The molecule has 0 radical (unpaired) electrons. The Bertz CT molecular complexity index is 795. The van der Waals surface area contributed by atoms with Gasteiger partial charge < -0.3 is 15.2 Å². The van der Waals surface area contributed by atoms with Crippen molar-refractivity contribution in [1.82, 2.24) is 15.2 Å². The van der Waals surface area contributed by atoms with E-state index in [1.165, 1.54) is 16.5 Å². The SMILES string of the molecule is CC(C)(C)C(=O)NCCCC(=O)N1CCC(c2c[nH]c3ccccc23)CC1. The molecule has 1 aliphatic rings. The van der Waals surface area contributed by atoms with Crippen molar-refractivity contribution in [3.63, 3.8) is 0 Å². The average molecular weight is 370 g/mol. The molecule has 1 aromatic carbocycles. The standard InChI is InChI=1S/C22H31N3O2/c1-22(2,3)21(27)23-12-6-9-20(26)25-13-10-16(11-14-25)18-15-24-19-8-5-4-7-17(18)19/h4-5,7-8,15-16,24H,6,9-14H2,1-3H3,(H,23,27). The van der Waals surface area contributed by atoms with E-state index in [2.05, 4.69) is 34.7 Å². The molecule has 0 unspecified atom stereocenters. The van der Waals surface area contributed by atoms with E-state index in [0.717, 1.165) is 25.9 Å². The molecule has 1 saturated heterocycles. The number of rotatable bonds is 5. The number of H-pyrrole nitrogens is 1. The molecule has 2 heterocycles. The number of aromatic amines is 1. The van der Waals surface area contributed by atoms with Crippen LogP contribution >= 0.6 is 0 Å². The smallest absolute Gasteiger partial charge is 0.225 e. The molecule has 2 aromatic rings. The Morgan fingerprint density at radius 2 is 1.89 bits per heavy atom. The minimum Gasteiger partial charge on any atom is -0.361 e. The number of nitrogens with one attached hydrogen (secondary N) is 2. The van der Waals surface area contributed by atoms with E-state index in [9.17, 15) is 9.59 Å². The fraction of sp³-hybridized carbons (Fsp3) is 0.545. The number of amides is 2. The maximum Gasteiger partial charge on any atom is 0.225 e. The summed E-state index contributed by atoms with van der Waals surface area (Å²) in [5.74, 6) is 0.753. The number of aromatic nitrogens is 1. The number of para-hydroxylation sites is 1. The quantitative estimate of drug-likeness (QED) is 0.787. The molecule has 0 atom stereocenters. The van der Waals surface area contributed by atoms with E-state index < -0.39 is 0 Å². The first-order valence-electron chi connectivity index (χ1n) is 9.98. The molecule has 5 nitrogen and oxygen atoms in total. The van der Waals surface area contributed by atoms with Crippen molar-refractivity contribution in [2.24, 2.45) is 5.41 Å². The van der Waals surface area contributed by atoms with Gasteiger partial charge in [-0.2, -0.15) is 0 Å². The Morgan fingerprint density at radius 3 is 2.59 bits per heavy atom. The molecular weight excluding hydrogens is 338 g/mol. The number of nitrogens with zero attached hydrogens (tertiary/aromatic N) is 1. The predicted molar refractivity (Wildman–Crippen MR) is 109 cm³/mol. The van der Waals surface area contributed by atoms with Crippen LogP contribution in [0.5, 0.6) is 0 Å². The van der Waals surface area contributed by atoms with Gasteiger partial charge in [-0.05, 0) is 36.8 Å². The van der Waals surface area contributed by atoms with Gasteiger partial charge in [-0.25, -0.2) is 0 Å². The third-order valence-electron chi connectivity index (χ3n) is 5.44. The molecule has 0 aliphatic carbocycles. The van der Waals surface area contributed by atoms with Crippen LogP contribution in [-0.4, -0.2) is 41.3 Å². The number of likely N-dealkylation sites (tertiary alicyclic amines) is 1. The third kappa shape index (κ3) is 4.71. The lowest BCUT2D eigenvalue weighted by molar-refractivity contribution is -0.133. The number of fused-ring (bicyclic) bond motifs is 1. The van der Waals surface area contributed by atoms with Crippen LogP contribution in [0.25, 0.3) is 10.9 Å². The Labute approximate surface area is 161 Å². The van der Waals surface area contributed by atoms with E-state index in [0.29, 0.717) is 25.3 Å². The first-order valence-corrected chi connectivity index (χ1v) is 9.98. The first kappa shape index (κ1) is 19.5. The number of hydrogen-bond donors (Lipinski definition) is 2. The van der Waals surface area contributed by atoms with Crippen molar-refractivity contribution in [2.45, 2.75) is 52.4 Å². The van der Waals surface area contributed by atoms with Gasteiger partial charge in [-0.1, -0.05) is 39.0 Å². The fourth-order valence-electron chi connectivity index (χ4n) is 3.74. The molecule has 1 fully saturated rings. The highest BCUT2D eigenvalue weighted by Crippen LogP contribution is 2.33. The summed E-state index contributed by atoms with van der Waals surface area (Å²) in [5.41, 5.74) is 2.18. The van der Waals surface area contributed by atoms with Crippen molar-refractivity contribution in [3.05, 3.63) is 36.0 Å². The summed E-state index contributed by atoms with van der Waals surface area (Å²) in [6.07, 6.45) is 5.35. The highest BCUT2D eigenvalue weighted by atomic mass is 16.2. The number of carbonyl (C=O) groups is 2. The maximum absolute atomic E-state index is 12.5. The number of carbonyl (C=O) groups excluding carboxylic acids is 2. The molecule has 0 spiro atoms. The monoisotopic (exact) mass is 369 g/mol. The summed E-state index contributed by atoms with van der Waals surface area (Å²) >= 11 is 0.